The van der Waals surface area contributed by atoms with Gasteiger partial charge in [0.15, 0.2) is 0 Å². The molecule has 0 aromatic heterocycles. The fourth-order valence-corrected chi connectivity index (χ4v) is 2.88. The second kappa shape index (κ2) is 6.60. The molecule has 0 aliphatic rings. The van der Waals surface area contributed by atoms with Gasteiger partial charge in [0.2, 0.25) is 10.0 Å². The van der Waals surface area contributed by atoms with E-state index in [0.717, 1.165) is 8.78 Å². The quantitative estimate of drug-likeness (QED) is 0.601. The van der Waals surface area contributed by atoms with Gasteiger partial charge in [-0.15, -0.1) is 0 Å². The van der Waals surface area contributed by atoms with Crippen molar-refractivity contribution in [2.24, 2.45) is 0 Å². The molecular weight excluding hydrogens is 370 g/mol. The van der Waals surface area contributed by atoms with Crippen molar-refractivity contribution in [1.29, 1.82) is 0 Å². The fraction of sp³-hybridized carbons (Fsp3) is 0.133. The second-order valence-corrected chi connectivity index (χ2v) is 7.73. The summed E-state index contributed by atoms with van der Waals surface area (Å²) in [6, 6.07) is 12.5. The lowest BCUT2D eigenvalue weighted by atomic mass is 10.2. The zero-order valence-electron chi connectivity index (χ0n) is 12.0. The van der Waals surface area contributed by atoms with Gasteiger partial charge < -0.3 is 4.74 Å². The van der Waals surface area contributed by atoms with Gasteiger partial charge in [-0.2, -0.15) is 0 Å². The SMILES string of the molecule is CN(C)S(=O)(=O)c1cccc(C(=O)Oc2ccc(Br)cc2)c1. The molecule has 0 N–H and O–H groups in total. The summed E-state index contributed by atoms with van der Waals surface area (Å²) in [5.41, 5.74) is 0.172. The number of esters is 1. The molecule has 0 atom stereocenters. The number of nitrogens with zero attached hydrogens (tertiary/aromatic N) is 1. The highest BCUT2D eigenvalue weighted by Crippen LogP contribution is 2.19. The maximum Gasteiger partial charge on any atom is 0.343 e. The van der Waals surface area contributed by atoms with E-state index in [0.29, 0.717) is 5.75 Å². The van der Waals surface area contributed by atoms with Crippen molar-refractivity contribution in [3.8, 4) is 5.75 Å². The Balaban J connectivity index is 2.26. The zero-order chi connectivity index (χ0) is 16.3. The van der Waals surface area contributed by atoms with E-state index < -0.39 is 16.0 Å². The highest BCUT2D eigenvalue weighted by Gasteiger charge is 2.19. The van der Waals surface area contributed by atoms with Gasteiger partial charge in [-0.05, 0) is 42.5 Å². The third-order valence-corrected chi connectivity index (χ3v) is 5.21. The largest absolute Gasteiger partial charge is 0.423 e. The standard InChI is InChI=1S/C15H14BrNO4S/c1-17(2)22(19,20)14-5-3-4-11(10-14)15(18)21-13-8-6-12(16)7-9-13/h3-10H,1-2H3. The van der Waals surface area contributed by atoms with Gasteiger partial charge in [0.1, 0.15) is 5.75 Å². The topological polar surface area (TPSA) is 63.7 Å². The number of hydrogen-bond donors (Lipinski definition) is 0. The van der Waals surface area contributed by atoms with Crippen LogP contribution in [0.2, 0.25) is 0 Å². The zero-order valence-corrected chi connectivity index (χ0v) is 14.4. The van der Waals surface area contributed by atoms with Crippen LogP contribution in [-0.2, 0) is 10.0 Å². The van der Waals surface area contributed by atoms with Crippen LogP contribution in [0.15, 0.2) is 57.9 Å². The predicted octanol–water partition coefficient (Wildman–Crippen LogP) is 2.92. The van der Waals surface area contributed by atoms with Crippen LogP contribution in [0.1, 0.15) is 10.4 Å². The van der Waals surface area contributed by atoms with Gasteiger partial charge in [-0.1, -0.05) is 22.0 Å². The average Bonchev–Trinajstić information content (AvgIpc) is 2.49. The molecule has 2 aromatic rings. The Kier molecular flexibility index (Phi) is 5.00. The van der Waals surface area contributed by atoms with Gasteiger partial charge in [-0.25, -0.2) is 17.5 Å². The van der Waals surface area contributed by atoms with Crippen LogP contribution in [0.4, 0.5) is 0 Å². The molecule has 0 fully saturated rings. The van der Waals surface area contributed by atoms with E-state index in [1.165, 1.54) is 38.4 Å². The first kappa shape index (κ1) is 16.7. The third kappa shape index (κ3) is 3.73. The molecule has 0 aliphatic carbocycles. The summed E-state index contributed by atoms with van der Waals surface area (Å²) < 4.78 is 31.3. The highest BCUT2D eigenvalue weighted by molar-refractivity contribution is 9.10. The summed E-state index contributed by atoms with van der Waals surface area (Å²) >= 11 is 3.29. The van der Waals surface area contributed by atoms with Crippen LogP contribution in [0.25, 0.3) is 0 Å². The Labute approximate surface area is 137 Å². The maximum atomic E-state index is 12.1. The van der Waals surface area contributed by atoms with E-state index in [1.807, 2.05) is 0 Å². The van der Waals surface area contributed by atoms with E-state index in [-0.39, 0.29) is 10.5 Å². The number of carbonyl (C=O) groups is 1. The Hall–Kier alpha value is -1.70. The van der Waals surface area contributed by atoms with Crippen LogP contribution >= 0.6 is 15.9 Å². The monoisotopic (exact) mass is 383 g/mol. The van der Waals surface area contributed by atoms with Crippen molar-refractivity contribution in [3.05, 3.63) is 58.6 Å². The van der Waals surface area contributed by atoms with Crippen molar-refractivity contribution in [1.82, 2.24) is 4.31 Å². The van der Waals surface area contributed by atoms with Crippen LogP contribution in [0.3, 0.4) is 0 Å². The van der Waals surface area contributed by atoms with Gasteiger partial charge in [0, 0.05) is 18.6 Å². The predicted molar refractivity (Wildman–Crippen MR) is 86.4 cm³/mol. The summed E-state index contributed by atoms with van der Waals surface area (Å²) in [6.45, 7) is 0. The molecule has 0 radical (unpaired) electrons. The molecule has 0 heterocycles. The van der Waals surface area contributed by atoms with E-state index in [9.17, 15) is 13.2 Å². The number of halogens is 1. The van der Waals surface area contributed by atoms with Crippen LogP contribution in [0.5, 0.6) is 5.75 Å². The molecule has 0 amide bonds. The summed E-state index contributed by atoms with van der Waals surface area (Å²) in [5.74, 6) is -0.229. The molecule has 0 aliphatic heterocycles. The van der Waals surface area contributed by atoms with Crippen molar-refractivity contribution >= 4 is 31.9 Å². The average molecular weight is 384 g/mol. The van der Waals surface area contributed by atoms with E-state index in [4.69, 9.17) is 4.74 Å². The minimum atomic E-state index is -3.59. The number of benzene rings is 2. The number of hydrogen-bond acceptors (Lipinski definition) is 4. The molecular formula is C15H14BrNO4S. The van der Waals surface area contributed by atoms with Crippen LogP contribution in [-0.4, -0.2) is 32.8 Å². The summed E-state index contributed by atoms with van der Waals surface area (Å²) in [7, 11) is -0.727. The van der Waals surface area contributed by atoms with Crippen molar-refractivity contribution < 1.29 is 17.9 Å². The van der Waals surface area contributed by atoms with Gasteiger partial charge >= 0.3 is 5.97 Å². The Bertz CT molecular complexity index is 785. The number of rotatable bonds is 4. The minimum absolute atomic E-state index is 0.0442. The van der Waals surface area contributed by atoms with Gasteiger partial charge in [-0.3, -0.25) is 0 Å². The highest BCUT2D eigenvalue weighted by atomic mass is 79.9. The smallest absolute Gasteiger partial charge is 0.343 e. The van der Waals surface area contributed by atoms with E-state index in [2.05, 4.69) is 15.9 Å². The first-order chi connectivity index (χ1) is 10.3. The molecule has 0 bridgehead atoms. The minimum Gasteiger partial charge on any atom is -0.423 e. The first-order valence-electron chi connectivity index (χ1n) is 6.31. The summed E-state index contributed by atoms with van der Waals surface area (Å²) in [6.07, 6.45) is 0. The molecule has 0 saturated heterocycles. The van der Waals surface area contributed by atoms with Gasteiger partial charge in [0.05, 0.1) is 10.5 Å². The van der Waals surface area contributed by atoms with Crippen molar-refractivity contribution in [3.63, 3.8) is 0 Å². The molecule has 2 aromatic carbocycles. The van der Waals surface area contributed by atoms with Crippen molar-refractivity contribution in [2.75, 3.05) is 14.1 Å². The van der Waals surface area contributed by atoms with E-state index in [1.54, 1.807) is 24.3 Å². The third-order valence-electron chi connectivity index (χ3n) is 2.87. The molecule has 5 nitrogen and oxygen atoms in total. The van der Waals surface area contributed by atoms with Crippen LogP contribution in [0, 0.1) is 0 Å². The fourth-order valence-electron chi connectivity index (χ4n) is 1.66. The Morgan fingerprint density at radius 2 is 1.73 bits per heavy atom. The number of ether oxygens (including phenoxy) is 1. The van der Waals surface area contributed by atoms with Crippen LogP contribution < -0.4 is 4.74 Å². The van der Waals surface area contributed by atoms with E-state index >= 15 is 0 Å². The molecule has 116 valence electrons. The molecule has 2 rings (SSSR count). The molecule has 0 spiro atoms. The lowest BCUT2D eigenvalue weighted by molar-refractivity contribution is 0.0734. The second-order valence-electron chi connectivity index (χ2n) is 4.66. The van der Waals surface area contributed by atoms with Crippen molar-refractivity contribution in [2.45, 2.75) is 4.90 Å². The molecule has 22 heavy (non-hydrogen) atoms. The molecule has 7 heteroatoms. The lowest BCUT2D eigenvalue weighted by Crippen LogP contribution is -2.22. The molecule has 0 saturated carbocycles. The Morgan fingerprint density at radius 1 is 1.09 bits per heavy atom. The van der Waals surface area contributed by atoms with Gasteiger partial charge in [0.25, 0.3) is 0 Å². The normalized spacial score (nSPS) is 11.5. The Morgan fingerprint density at radius 3 is 2.32 bits per heavy atom. The lowest BCUT2D eigenvalue weighted by Gasteiger charge is -2.12. The first-order valence-corrected chi connectivity index (χ1v) is 8.54. The number of sulfonamides is 1. The number of carbonyl (C=O) groups excluding carboxylic acids is 1. The molecule has 0 unspecified atom stereocenters. The maximum absolute atomic E-state index is 12.1. The summed E-state index contributed by atoms with van der Waals surface area (Å²) in [5, 5.41) is 0. The summed E-state index contributed by atoms with van der Waals surface area (Å²) in [4.78, 5) is 12.1.